The standard InChI is InChI=1S/C18H22N4O4S/c1-12-19-17(26-20-12)14-7-21(16(24)8-25-2)9-18(14)10-22(11-18)15(23)6-13-4-3-5-27-13/h3-5,14H,6-11H2,1-2H3. The molecule has 4 heterocycles. The lowest BCUT2D eigenvalue weighted by Gasteiger charge is -2.50. The lowest BCUT2D eigenvalue weighted by atomic mass is 9.71. The Morgan fingerprint density at radius 2 is 2.11 bits per heavy atom. The molecule has 4 rings (SSSR count). The predicted octanol–water partition coefficient (Wildman–Crippen LogP) is 1.08. The van der Waals surface area contributed by atoms with E-state index in [-0.39, 0.29) is 29.8 Å². The molecule has 0 aromatic carbocycles. The summed E-state index contributed by atoms with van der Waals surface area (Å²) in [7, 11) is 1.51. The molecule has 2 aromatic rings. The van der Waals surface area contributed by atoms with E-state index < -0.39 is 0 Å². The van der Waals surface area contributed by atoms with Crippen molar-refractivity contribution >= 4 is 23.2 Å². The number of carbonyl (C=O) groups excluding carboxylic acids is 2. The number of amides is 2. The van der Waals surface area contributed by atoms with Crippen LogP contribution in [0.5, 0.6) is 0 Å². The molecule has 2 fully saturated rings. The Morgan fingerprint density at radius 1 is 1.33 bits per heavy atom. The topological polar surface area (TPSA) is 88.8 Å². The summed E-state index contributed by atoms with van der Waals surface area (Å²) < 4.78 is 10.4. The average Bonchev–Trinajstić information content (AvgIpc) is 3.32. The Hall–Kier alpha value is -2.26. The van der Waals surface area contributed by atoms with Crippen LogP contribution in [0.2, 0.25) is 0 Å². The highest BCUT2D eigenvalue weighted by Crippen LogP contribution is 2.48. The molecule has 2 aromatic heterocycles. The fourth-order valence-corrected chi connectivity index (χ4v) is 4.75. The third-order valence-electron chi connectivity index (χ3n) is 5.38. The SMILES string of the molecule is COCC(=O)N1CC(c2nc(C)no2)C2(C1)CN(C(=O)Cc1cccs1)C2. The molecule has 9 heteroatoms. The molecule has 1 atom stereocenters. The molecule has 2 aliphatic rings. The van der Waals surface area contributed by atoms with E-state index in [0.29, 0.717) is 44.3 Å². The average molecular weight is 390 g/mol. The van der Waals surface area contributed by atoms with Gasteiger partial charge in [-0.15, -0.1) is 11.3 Å². The highest BCUT2D eigenvalue weighted by atomic mass is 32.1. The molecule has 0 aliphatic carbocycles. The predicted molar refractivity (Wildman–Crippen MR) is 97.3 cm³/mol. The maximum atomic E-state index is 12.6. The van der Waals surface area contributed by atoms with Crippen LogP contribution in [0.1, 0.15) is 22.5 Å². The summed E-state index contributed by atoms with van der Waals surface area (Å²) in [5, 5.41) is 5.88. The van der Waals surface area contributed by atoms with Crippen LogP contribution in [0.25, 0.3) is 0 Å². The number of methoxy groups -OCH3 is 1. The molecule has 8 nitrogen and oxygen atoms in total. The quantitative estimate of drug-likeness (QED) is 0.759. The van der Waals surface area contributed by atoms with E-state index in [2.05, 4.69) is 10.1 Å². The normalized spacial score (nSPS) is 20.9. The van der Waals surface area contributed by atoms with Gasteiger partial charge in [-0.3, -0.25) is 9.59 Å². The molecule has 0 saturated carbocycles. The van der Waals surface area contributed by atoms with Crippen molar-refractivity contribution in [1.29, 1.82) is 0 Å². The van der Waals surface area contributed by atoms with Gasteiger partial charge >= 0.3 is 0 Å². The van der Waals surface area contributed by atoms with Crippen LogP contribution in [0.15, 0.2) is 22.0 Å². The highest BCUT2D eigenvalue weighted by Gasteiger charge is 2.58. The molecule has 1 spiro atoms. The summed E-state index contributed by atoms with van der Waals surface area (Å²) >= 11 is 1.59. The molecular formula is C18H22N4O4S. The van der Waals surface area contributed by atoms with Crippen LogP contribution >= 0.6 is 11.3 Å². The number of hydrogen-bond donors (Lipinski definition) is 0. The Morgan fingerprint density at radius 3 is 2.74 bits per heavy atom. The minimum Gasteiger partial charge on any atom is -0.375 e. The van der Waals surface area contributed by atoms with Gasteiger partial charge in [-0.2, -0.15) is 4.98 Å². The van der Waals surface area contributed by atoms with Gasteiger partial charge in [-0.25, -0.2) is 0 Å². The molecular weight excluding hydrogens is 368 g/mol. The molecule has 144 valence electrons. The molecule has 0 radical (unpaired) electrons. The van der Waals surface area contributed by atoms with E-state index >= 15 is 0 Å². The molecule has 2 amide bonds. The Kier molecular flexibility index (Phi) is 4.73. The van der Waals surface area contributed by atoms with Crippen molar-refractivity contribution in [2.45, 2.75) is 19.3 Å². The summed E-state index contributed by atoms with van der Waals surface area (Å²) in [5.74, 6) is 1.12. The molecule has 27 heavy (non-hydrogen) atoms. The summed E-state index contributed by atoms with van der Waals surface area (Å²) in [6.45, 7) is 4.10. The Bertz CT molecular complexity index is 828. The smallest absolute Gasteiger partial charge is 0.248 e. The van der Waals surface area contributed by atoms with E-state index in [0.717, 1.165) is 4.88 Å². The van der Waals surface area contributed by atoms with E-state index in [1.807, 2.05) is 22.4 Å². The van der Waals surface area contributed by atoms with Gasteiger partial charge < -0.3 is 19.1 Å². The summed E-state index contributed by atoms with van der Waals surface area (Å²) in [5.41, 5.74) is -0.229. The second kappa shape index (κ2) is 7.05. The van der Waals surface area contributed by atoms with Gasteiger partial charge in [0.15, 0.2) is 5.82 Å². The number of aryl methyl sites for hydroxylation is 1. The number of carbonyl (C=O) groups is 2. The minimum absolute atomic E-state index is 0.0483. The minimum atomic E-state index is -0.229. The zero-order valence-corrected chi connectivity index (χ0v) is 16.2. The molecule has 1 unspecified atom stereocenters. The largest absolute Gasteiger partial charge is 0.375 e. The number of thiophene rings is 1. The first kappa shape index (κ1) is 18.1. The van der Waals surface area contributed by atoms with Crippen molar-refractivity contribution in [3.05, 3.63) is 34.1 Å². The van der Waals surface area contributed by atoms with Gasteiger partial charge in [0.1, 0.15) is 6.61 Å². The first-order valence-electron chi connectivity index (χ1n) is 8.88. The summed E-state index contributed by atoms with van der Waals surface area (Å²) in [4.78, 5) is 34.0. The second-order valence-corrected chi connectivity index (χ2v) is 8.34. The lowest BCUT2D eigenvalue weighted by Crippen LogP contribution is -2.62. The van der Waals surface area contributed by atoms with Crippen molar-refractivity contribution in [3.8, 4) is 0 Å². The van der Waals surface area contributed by atoms with Crippen molar-refractivity contribution in [1.82, 2.24) is 19.9 Å². The lowest BCUT2D eigenvalue weighted by molar-refractivity contribution is -0.144. The van der Waals surface area contributed by atoms with Crippen molar-refractivity contribution in [3.63, 3.8) is 0 Å². The Balaban J connectivity index is 1.49. The van der Waals surface area contributed by atoms with E-state index in [1.165, 1.54) is 7.11 Å². The fraction of sp³-hybridized carbons (Fsp3) is 0.556. The van der Waals surface area contributed by atoms with Gasteiger partial charge in [0.05, 0.1) is 12.3 Å². The third-order valence-corrected chi connectivity index (χ3v) is 6.26. The van der Waals surface area contributed by atoms with Gasteiger partial charge in [0.2, 0.25) is 17.7 Å². The molecule has 2 saturated heterocycles. The molecule has 0 N–H and O–H groups in total. The Labute approximate surface area is 161 Å². The van der Waals surface area contributed by atoms with E-state index in [9.17, 15) is 9.59 Å². The zero-order chi connectivity index (χ0) is 19.0. The highest BCUT2D eigenvalue weighted by molar-refractivity contribution is 7.10. The second-order valence-electron chi connectivity index (χ2n) is 7.31. The number of ether oxygens (including phenoxy) is 1. The number of aromatic nitrogens is 2. The molecule has 0 bridgehead atoms. The summed E-state index contributed by atoms with van der Waals surface area (Å²) in [6, 6.07) is 3.93. The van der Waals surface area contributed by atoms with Crippen molar-refractivity contribution < 1.29 is 18.8 Å². The first-order chi connectivity index (χ1) is 13.0. The van der Waals surface area contributed by atoms with Crippen LogP contribution in [0.3, 0.4) is 0 Å². The van der Waals surface area contributed by atoms with E-state index in [1.54, 1.807) is 23.2 Å². The fourth-order valence-electron chi connectivity index (χ4n) is 4.05. The number of likely N-dealkylation sites (tertiary alicyclic amines) is 2. The summed E-state index contributed by atoms with van der Waals surface area (Å²) in [6.07, 6.45) is 0.421. The molecule has 2 aliphatic heterocycles. The maximum absolute atomic E-state index is 12.6. The first-order valence-corrected chi connectivity index (χ1v) is 9.76. The van der Waals surface area contributed by atoms with Crippen LogP contribution < -0.4 is 0 Å². The van der Waals surface area contributed by atoms with Crippen LogP contribution in [-0.4, -0.2) is 71.7 Å². The van der Waals surface area contributed by atoms with E-state index in [4.69, 9.17) is 9.26 Å². The van der Waals surface area contributed by atoms with Crippen LogP contribution in [0.4, 0.5) is 0 Å². The maximum Gasteiger partial charge on any atom is 0.248 e. The van der Waals surface area contributed by atoms with Gasteiger partial charge in [0, 0.05) is 43.6 Å². The number of hydrogen-bond acceptors (Lipinski definition) is 7. The van der Waals surface area contributed by atoms with Gasteiger partial charge in [-0.1, -0.05) is 11.2 Å². The van der Waals surface area contributed by atoms with Crippen molar-refractivity contribution in [2.75, 3.05) is 39.9 Å². The van der Waals surface area contributed by atoms with Crippen LogP contribution in [-0.2, 0) is 20.7 Å². The van der Waals surface area contributed by atoms with Crippen LogP contribution in [0, 0.1) is 12.3 Å². The number of nitrogens with zero attached hydrogens (tertiary/aromatic N) is 4. The monoisotopic (exact) mass is 390 g/mol. The van der Waals surface area contributed by atoms with Crippen molar-refractivity contribution in [2.24, 2.45) is 5.41 Å². The van der Waals surface area contributed by atoms with Gasteiger partial charge in [-0.05, 0) is 18.4 Å². The van der Waals surface area contributed by atoms with Gasteiger partial charge in [0.25, 0.3) is 0 Å². The zero-order valence-electron chi connectivity index (χ0n) is 15.4. The number of rotatable bonds is 5. The third kappa shape index (κ3) is 3.37.